The van der Waals surface area contributed by atoms with Gasteiger partial charge in [-0.3, -0.25) is 4.79 Å². The quantitative estimate of drug-likeness (QED) is 0.595. The number of anilines is 1. The summed E-state index contributed by atoms with van der Waals surface area (Å²) < 4.78 is 27.0. The second-order valence-electron chi connectivity index (χ2n) is 7.91. The zero-order valence-electron chi connectivity index (χ0n) is 17.4. The molecule has 0 saturated carbocycles. The standard InChI is InChI=1S/C24H20ClN3O4S/c25-17-8-4-7-16(13-17)23(29)28-12-11-18-19(28)9-10-20(22(18)15-5-2-1-3-6-15)33(31,32)21-14-26-24(30)27-21/h1-10,13,21H,11-12,14H2,(H2,26,27,30). The molecule has 2 aliphatic rings. The molecule has 2 aliphatic heterocycles. The van der Waals surface area contributed by atoms with Gasteiger partial charge >= 0.3 is 6.03 Å². The zero-order valence-corrected chi connectivity index (χ0v) is 19.0. The summed E-state index contributed by atoms with van der Waals surface area (Å²) >= 11 is 6.07. The number of carbonyl (C=O) groups excluding carboxylic acids is 2. The van der Waals surface area contributed by atoms with E-state index >= 15 is 0 Å². The Balaban J connectivity index is 1.64. The van der Waals surface area contributed by atoms with Crippen molar-refractivity contribution >= 4 is 39.1 Å². The molecule has 3 amide bonds. The van der Waals surface area contributed by atoms with Gasteiger partial charge in [0.2, 0.25) is 9.84 Å². The average Bonchev–Trinajstić information content (AvgIpc) is 3.45. The van der Waals surface area contributed by atoms with Crippen LogP contribution in [0.1, 0.15) is 15.9 Å². The normalized spacial score (nSPS) is 17.4. The van der Waals surface area contributed by atoms with E-state index < -0.39 is 21.2 Å². The number of nitrogens with zero attached hydrogens (tertiary/aromatic N) is 1. The van der Waals surface area contributed by atoms with E-state index in [0.29, 0.717) is 34.8 Å². The van der Waals surface area contributed by atoms with Gasteiger partial charge in [0.05, 0.1) is 11.4 Å². The number of halogens is 1. The van der Waals surface area contributed by atoms with Gasteiger partial charge in [0.1, 0.15) is 0 Å². The first-order valence-corrected chi connectivity index (χ1v) is 12.4. The average molecular weight is 482 g/mol. The number of sulfone groups is 1. The largest absolute Gasteiger partial charge is 0.335 e. The minimum absolute atomic E-state index is 0.00808. The van der Waals surface area contributed by atoms with Crippen molar-refractivity contribution in [1.82, 2.24) is 10.6 Å². The van der Waals surface area contributed by atoms with Crippen LogP contribution in [0.2, 0.25) is 5.02 Å². The summed E-state index contributed by atoms with van der Waals surface area (Å²) in [6.45, 7) is 0.414. The fraction of sp³-hybridized carbons (Fsp3) is 0.167. The summed E-state index contributed by atoms with van der Waals surface area (Å²) in [6, 6.07) is 18.7. The van der Waals surface area contributed by atoms with Gasteiger partial charge in [0.15, 0.2) is 5.37 Å². The van der Waals surface area contributed by atoms with Crippen molar-refractivity contribution in [1.29, 1.82) is 0 Å². The first-order chi connectivity index (χ1) is 15.9. The molecule has 1 unspecified atom stereocenters. The van der Waals surface area contributed by atoms with E-state index in [-0.39, 0.29) is 17.3 Å². The van der Waals surface area contributed by atoms with Gasteiger partial charge in [-0.25, -0.2) is 13.2 Å². The van der Waals surface area contributed by atoms with Crippen LogP contribution in [0, 0.1) is 0 Å². The van der Waals surface area contributed by atoms with Crippen LogP contribution < -0.4 is 15.5 Å². The summed E-state index contributed by atoms with van der Waals surface area (Å²) in [7, 11) is -3.88. The second-order valence-corrected chi connectivity index (χ2v) is 10.4. The maximum absolute atomic E-state index is 13.5. The highest BCUT2D eigenvalue weighted by Crippen LogP contribution is 2.42. The van der Waals surface area contributed by atoms with E-state index in [9.17, 15) is 18.0 Å². The molecule has 0 bridgehead atoms. The van der Waals surface area contributed by atoms with Crippen molar-refractivity contribution < 1.29 is 18.0 Å². The molecule has 1 atom stereocenters. The van der Waals surface area contributed by atoms with Crippen molar-refractivity contribution in [2.75, 3.05) is 18.0 Å². The number of amides is 3. The van der Waals surface area contributed by atoms with Crippen LogP contribution in [-0.2, 0) is 16.3 Å². The third kappa shape index (κ3) is 3.75. The SMILES string of the molecule is O=C1NCC(S(=O)(=O)c2ccc3c(c2-c2ccccc2)CCN3C(=O)c2cccc(Cl)c2)N1. The number of fused-ring (bicyclic) bond motifs is 1. The molecule has 3 aromatic rings. The molecule has 0 spiro atoms. The maximum Gasteiger partial charge on any atom is 0.315 e. The number of benzene rings is 3. The van der Waals surface area contributed by atoms with Gasteiger partial charge in [-0.2, -0.15) is 0 Å². The summed E-state index contributed by atoms with van der Waals surface area (Å²) in [6.07, 6.45) is 0.504. The molecular weight excluding hydrogens is 462 g/mol. The molecule has 7 nitrogen and oxygen atoms in total. The molecule has 9 heteroatoms. The fourth-order valence-electron chi connectivity index (χ4n) is 4.39. The summed E-state index contributed by atoms with van der Waals surface area (Å²) in [4.78, 5) is 26.6. The number of urea groups is 1. The summed E-state index contributed by atoms with van der Waals surface area (Å²) in [5, 5.41) is 4.40. The summed E-state index contributed by atoms with van der Waals surface area (Å²) in [5.74, 6) is -0.196. The van der Waals surface area contributed by atoms with Crippen LogP contribution in [0.5, 0.6) is 0 Å². The molecular formula is C24H20ClN3O4S. The lowest BCUT2D eigenvalue weighted by atomic mass is 9.97. The van der Waals surface area contributed by atoms with Crippen LogP contribution in [0.4, 0.5) is 10.5 Å². The van der Waals surface area contributed by atoms with Gasteiger partial charge in [-0.05, 0) is 47.9 Å². The predicted molar refractivity (Wildman–Crippen MR) is 126 cm³/mol. The molecule has 1 saturated heterocycles. The van der Waals surface area contributed by atoms with Gasteiger partial charge in [-0.1, -0.05) is 48.0 Å². The summed E-state index contributed by atoms with van der Waals surface area (Å²) in [5.41, 5.74) is 3.23. The first kappa shape index (κ1) is 21.5. The molecule has 3 aromatic carbocycles. The van der Waals surface area contributed by atoms with E-state index in [0.717, 1.165) is 11.1 Å². The number of nitrogens with one attached hydrogen (secondary N) is 2. The highest BCUT2D eigenvalue weighted by atomic mass is 35.5. The third-order valence-electron chi connectivity index (χ3n) is 5.93. The Morgan fingerprint density at radius 3 is 2.52 bits per heavy atom. The van der Waals surface area contributed by atoms with E-state index in [4.69, 9.17) is 11.6 Å². The Bertz CT molecular complexity index is 1380. The Kier molecular flexibility index (Phi) is 5.34. The molecule has 5 rings (SSSR count). The lowest BCUT2D eigenvalue weighted by molar-refractivity contribution is 0.0989. The van der Waals surface area contributed by atoms with E-state index in [1.807, 2.05) is 30.3 Å². The van der Waals surface area contributed by atoms with Crippen molar-refractivity contribution in [3.63, 3.8) is 0 Å². The van der Waals surface area contributed by atoms with Crippen molar-refractivity contribution in [2.45, 2.75) is 16.7 Å². The van der Waals surface area contributed by atoms with Crippen molar-refractivity contribution in [3.8, 4) is 11.1 Å². The van der Waals surface area contributed by atoms with Crippen molar-refractivity contribution in [3.05, 3.63) is 82.9 Å². The lowest BCUT2D eigenvalue weighted by Gasteiger charge is -2.21. The van der Waals surface area contributed by atoms with Gasteiger partial charge in [-0.15, -0.1) is 0 Å². The zero-order chi connectivity index (χ0) is 23.2. The van der Waals surface area contributed by atoms with Crippen LogP contribution >= 0.6 is 11.6 Å². The third-order valence-corrected chi connectivity index (χ3v) is 8.15. The van der Waals surface area contributed by atoms with Gasteiger partial charge < -0.3 is 15.5 Å². The van der Waals surface area contributed by atoms with E-state index in [2.05, 4.69) is 10.6 Å². The van der Waals surface area contributed by atoms with E-state index in [1.165, 1.54) is 6.07 Å². The van der Waals surface area contributed by atoms with Crippen molar-refractivity contribution in [2.24, 2.45) is 0 Å². The number of rotatable bonds is 4. The number of hydrogen-bond acceptors (Lipinski definition) is 4. The van der Waals surface area contributed by atoms with Crippen LogP contribution in [0.15, 0.2) is 71.6 Å². The Morgan fingerprint density at radius 1 is 1.03 bits per heavy atom. The molecule has 0 aromatic heterocycles. The fourth-order valence-corrected chi connectivity index (χ4v) is 6.23. The van der Waals surface area contributed by atoms with Gasteiger partial charge in [0, 0.05) is 28.4 Å². The molecule has 1 fully saturated rings. The number of hydrogen-bond donors (Lipinski definition) is 2. The molecule has 2 heterocycles. The topological polar surface area (TPSA) is 95.6 Å². The number of carbonyl (C=O) groups is 2. The van der Waals surface area contributed by atoms with E-state index in [1.54, 1.807) is 35.2 Å². The predicted octanol–water partition coefficient (Wildman–Crippen LogP) is 3.62. The first-order valence-electron chi connectivity index (χ1n) is 10.4. The minimum atomic E-state index is -3.88. The lowest BCUT2D eigenvalue weighted by Crippen LogP contribution is -2.35. The Hall–Kier alpha value is -3.36. The Labute approximate surface area is 196 Å². The smallest absolute Gasteiger partial charge is 0.315 e. The molecule has 0 radical (unpaired) electrons. The molecule has 168 valence electrons. The Morgan fingerprint density at radius 2 is 1.82 bits per heavy atom. The van der Waals surface area contributed by atoms with Crippen LogP contribution in [0.25, 0.3) is 11.1 Å². The van der Waals surface area contributed by atoms with Crippen LogP contribution in [0.3, 0.4) is 0 Å². The van der Waals surface area contributed by atoms with Gasteiger partial charge in [0.25, 0.3) is 5.91 Å². The highest BCUT2D eigenvalue weighted by molar-refractivity contribution is 7.92. The maximum atomic E-state index is 13.5. The monoisotopic (exact) mass is 481 g/mol. The molecule has 33 heavy (non-hydrogen) atoms. The molecule has 2 N–H and O–H groups in total. The second kappa shape index (κ2) is 8.20. The minimum Gasteiger partial charge on any atom is -0.335 e. The highest BCUT2D eigenvalue weighted by Gasteiger charge is 2.38. The molecule has 0 aliphatic carbocycles. The van der Waals surface area contributed by atoms with Crippen LogP contribution in [-0.4, -0.2) is 38.8 Å².